The number of nitrogens with zero attached hydrogens (tertiary/aromatic N) is 1. The summed E-state index contributed by atoms with van der Waals surface area (Å²) in [6.45, 7) is 10.1. The predicted octanol–water partition coefficient (Wildman–Crippen LogP) is 3.75. The van der Waals surface area contributed by atoms with Crippen molar-refractivity contribution in [2.24, 2.45) is 0 Å². The number of benzene rings is 1. The monoisotopic (exact) mass is 314 g/mol. The molecule has 7 heteroatoms. The number of rotatable bonds is 4. The molecule has 0 radical (unpaired) electrons. The van der Waals surface area contributed by atoms with Crippen molar-refractivity contribution in [2.45, 2.75) is 33.3 Å². The van der Waals surface area contributed by atoms with E-state index in [0.29, 0.717) is 0 Å². The average Bonchev–Trinajstić information content (AvgIpc) is 2.33. The molecule has 0 bridgehead atoms. The molecule has 0 saturated carbocycles. The van der Waals surface area contributed by atoms with E-state index in [9.17, 15) is 13.6 Å². The summed E-state index contributed by atoms with van der Waals surface area (Å²) in [5.41, 5.74) is 1.24. The van der Waals surface area contributed by atoms with E-state index in [1.54, 1.807) is 20.8 Å². The molecule has 0 atom stereocenters. The van der Waals surface area contributed by atoms with Crippen LogP contribution in [-0.4, -0.2) is 18.8 Å². The smallest absolute Gasteiger partial charge is 0.426 e. The van der Waals surface area contributed by atoms with Crippen molar-refractivity contribution in [3.63, 3.8) is 0 Å². The molecule has 0 saturated heterocycles. The third-order valence-corrected chi connectivity index (χ3v) is 2.43. The van der Waals surface area contributed by atoms with Crippen LogP contribution in [0, 0.1) is 11.6 Å². The van der Waals surface area contributed by atoms with Gasteiger partial charge >= 0.3 is 6.09 Å². The Morgan fingerprint density at radius 3 is 2.14 bits per heavy atom. The number of anilines is 1. The molecule has 0 aliphatic carbocycles. The molecule has 0 spiro atoms. The fourth-order valence-corrected chi connectivity index (χ4v) is 1.61. The van der Waals surface area contributed by atoms with Crippen molar-refractivity contribution in [1.29, 1.82) is 0 Å². The minimum absolute atomic E-state index is 0.0256. The molecule has 0 aliphatic rings. The molecule has 122 valence electrons. The van der Waals surface area contributed by atoms with E-state index >= 15 is 0 Å². The molecule has 1 amide bonds. The molecule has 0 aromatic heterocycles. The quantitative estimate of drug-likeness (QED) is 0.860. The highest BCUT2D eigenvalue weighted by molar-refractivity contribution is 5.72. The number of amides is 1. The van der Waals surface area contributed by atoms with E-state index in [1.165, 1.54) is 14.0 Å². The van der Waals surface area contributed by atoms with Gasteiger partial charge in [-0.1, -0.05) is 6.58 Å². The number of hydrogen-bond donors (Lipinski definition) is 1. The molecule has 22 heavy (non-hydrogen) atoms. The van der Waals surface area contributed by atoms with Crippen LogP contribution in [0.25, 0.3) is 0 Å². The normalized spacial score (nSPS) is 10.9. The highest BCUT2D eigenvalue weighted by Crippen LogP contribution is 2.29. The van der Waals surface area contributed by atoms with E-state index in [1.807, 2.05) is 0 Å². The van der Waals surface area contributed by atoms with Gasteiger partial charge in [-0.3, -0.25) is 5.01 Å². The van der Waals surface area contributed by atoms with Crippen LogP contribution in [0.4, 0.5) is 19.3 Å². The summed E-state index contributed by atoms with van der Waals surface area (Å²) >= 11 is 0. The lowest BCUT2D eigenvalue weighted by molar-refractivity contribution is 0.0525. The first kappa shape index (κ1) is 17.7. The molecule has 1 aromatic rings. The van der Waals surface area contributed by atoms with Gasteiger partial charge in [0.2, 0.25) is 0 Å². The Bertz CT molecular complexity index is 560. The summed E-state index contributed by atoms with van der Waals surface area (Å²) in [7, 11) is 1.29. The van der Waals surface area contributed by atoms with Gasteiger partial charge < -0.3 is 9.47 Å². The Labute approximate surface area is 128 Å². The van der Waals surface area contributed by atoms with Gasteiger partial charge in [-0.15, -0.1) is 0 Å². The van der Waals surface area contributed by atoms with Gasteiger partial charge in [0.25, 0.3) is 0 Å². The molecule has 1 rings (SSSR count). The molecule has 1 aromatic carbocycles. The summed E-state index contributed by atoms with van der Waals surface area (Å²) in [5.74, 6) is -1.79. The first-order valence-electron chi connectivity index (χ1n) is 6.53. The lowest BCUT2D eigenvalue weighted by Gasteiger charge is -2.28. The second-order valence-corrected chi connectivity index (χ2v) is 5.62. The molecule has 0 heterocycles. The molecule has 0 unspecified atom stereocenters. The Kier molecular flexibility index (Phi) is 5.35. The fourth-order valence-electron chi connectivity index (χ4n) is 1.61. The Balaban J connectivity index is 3.12. The van der Waals surface area contributed by atoms with Gasteiger partial charge in [-0.05, 0) is 27.7 Å². The second-order valence-electron chi connectivity index (χ2n) is 5.62. The maximum Gasteiger partial charge on any atom is 0.426 e. The van der Waals surface area contributed by atoms with E-state index in [4.69, 9.17) is 9.47 Å². The highest BCUT2D eigenvalue weighted by Gasteiger charge is 2.24. The first-order chi connectivity index (χ1) is 10.0. The molecular weight excluding hydrogens is 294 g/mol. The summed E-state index contributed by atoms with van der Waals surface area (Å²) in [6, 6.07) is 2.01. The number of hydrogen-bond acceptors (Lipinski definition) is 4. The summed E-state index contributed by atoms with van der Waals surface area (Å²) in [5, 5.41) is 0.887. The van der Waals surface area contributed by atoms with Crippen LogP contribution in [0.1, 0.15) is 27.7 Å². The van der Waals surface area contributed by atoms with E-state index in [0.717, 1.165) is 17.1 Å². The number of nitrogens with one attached hydrogen (secondary N) is 1. The third-order valence-electron chi connectivity index (χ3n) is 2.43. The minimum atomic E-state index is -0.907. The number of allylic oxidation sites excluding steroid dienone is 1. The van der Waals surface area contributed by atoms with Crippen molar-refractivity contribution < 1.29 is 23.0 Å². The van der Waals surface area contributed by atoms with Gasteiger partial charge in [0, 0.05) is 17.8 Å². The standard InChI is InChI=1S/C15H20F2N2O3/c1-9(2)19(18-14(20)22-15(3,4)5)13-11(16)7-10(21-6)8-12(13)17/h7-8H,1H2,2-6H3,(H,18,20). The third kappa shape index (κ3) is 4.61. The van der Waals surface area contributed by atoms with Gasteiger partial charge in [-0.2, -0.15) is 0 Å². The maximum atomic E-state index is 14.1. The highest BCUT2D eigenvalue weighted by atomic mass is 19.1. The van der Waals surface area contributed by atoms with Crippen LogP contribution in [-0.2, 0) is 4.74 Å². The van der Waals surface area contributed by atoms with Crippen molar-refractivity contribution in [2.75, 3.05) is 12.1 Å². The van der Waals surface area contributed by atoms with Crippen LogP contribution in [0.2, 0.25) is 0 Å². The molecule has 5 nitrogen and oxygen atoms in total. The maximum absolute atomic E-state index is 14.1. The van der Waals surface area contributed by atoms with Gasteiger partial charge in [0.05, 0.1) is 7.11 Å². The van der Waals surface area contributed by atoms with E-state index in [2.05, 4.69) is 12.0 Å². The van der Waals surface area contributed by atoms with Gasteiger partial charge in [0.1, 0.15) is 17.0 Å². The van der Waals surface area contributed by atoms with Crippen molar-refractivity contribution in [1.82, 2.24) is 5.43 Å². The summed E-state index contributed by atoms with van der Waals surface area (Å²) < 4.78 is 38.1. The first-order valence-corrected chi connectivity index (χ1v) is 6.53. The number of carbonyl (C=O) groups is 1. The Morgan fingerprint density at radius 1 is 1.27 bits per heavy atom. The minimum Gasteiger partial charge on any atom is -0.497 e. The van der Waals surface area contributed by atoms with Crippen molar-refractivity contribution in [3.05, 3.63) is 36.0 Å². The number of halogens is 2. The number of methoxy groups -OCH3 is 1. The SMILES string of the molecule is C=C(C)N(NC(=O)OC(C)(C)C)c1c(F)cc(OC)cc1F. The zero-order valence-corrected chi connectivity index (χ0v) is 13.3. The predicted molar refractivity (Wildman–Crippen MR) is 79.6 cm³/mol. The van der Waals surface area contributed by atoms with Gasteiger partial charge in [0.15, 0.2) is 11.6 Å². The Morgan fingerprint density at radius 2 is 1.77 bits per heavy atom. The Hall–Kier alpha value is -2.31. The van der Waals surface area contributed by atoms with E-state index in [-0.39, 0.29) is 11.4 Å². The molecule has 1 N–H and O–H groups in total. The van der Waals surface area contributed by atoms with Crippen LogP contribution in [0.15, 0.2) is 24.4 Å². The largest absolute Gasteiger partial charge is 0.497 e. The summed E-state index contributed by atoms with van der Waals surface area (Å²) in [6.07, 6.45) is -0.856. The number of ether oxygens (including phenoxy) is 2. The average molecular weight is 314 g/mol. The zero-order valence-electron chi connectivity index (χ0n) is 13.3. The van der Waals surface area contributed by atoms with Gasteiger partial charge in [-0.25, -0.2) is 19.0 Å². The lowest BCUT2D eigenvalue weighted by atomic mass is 10.2. The van der Waals surface area contributed by atoms with Crippen molar-refractivity contribution in [3.8, 4) is 5.75 Å². The topological polar surface area (TPSA) is 50.8 Å². The number of carbonyl (C=O) groups excluding carboxylic acids is 1. The fraction of sp³-hybridized carbons (Fsp3) is 0.400. The van der Waals surface area contributed by atoms with Crippen LogP contribution >= 0.6 is 0 Å². The number of hydrazine groups is 1. The summed E-state index contributed by atoms with van der Waals surface area (Å²) in [4.78, 5) is 11.8. The van der Waals surface area contributed by atoms with Crippen molar-refractivity contribution >= 4 is 11.8 Å². The zero-order chi connectivity index (χ0) is 17.1. The second kappa shape index (κ2) is 6.64. The molecule has 0 fully saturated rings. The van der Waals surface area contributed by atoms with Crippen LogP contribution < -0.4 is 15.2 Å². The van der Waals surface area contributed by atoms with Crippen LogP contribution in [0.3, 0.4) is 0 Å². The van der Waals surface area contributed by atoms with E-state index < -0.39 is 29.0 Å². The molecule has 0 aliphatic heterocycles. The molecular formula is C15H20F2N2O3. The lowest BCUT2D eigenvalue weighted by Crippen LogP contribution is -2.44. The van der Waals surface area contributed by atoms with Crippen LogP contribution in [0.5, 0.6) is 5.75 Å².